The van der Waals surface area contributed by atoms with Crippen LogP contribution in [0, 0.1) is 64.1 Å². The van der Waals surface area contributed by atoms with Gasteiger partial charge in [0.05, 0.1) is 29.1 Å². The number of aliphatic hydroxyl groups is 3. The summed E-state index contributed by atoms with van der Waals surface area (Å²) in [5.74, 6) is -0.0603. The first-order valence-corrected chi connectivity index (χ1v) is 36.5. The van der Waals surface area contributed by atoms with Gasteiger partial charge in [-0.15, -0.1) is 0 Å². The van der Waals surface area contributed by atoms with Crippen LogP contribution in [0.15, 0.2) is 71.4 Å². The van der Waals surface area contributed by atoms with Gasteiger partial charge in [-0.05, 0) is 226 Å². The van der Waals surface area contributed by atoms with Gasteiger partial charge in [-0.25, -0.2) is 4.79 Å². The molecule has 0 heterocycles. The highest BCUT2D eigenvalue weighted by Gasteiger charge is 2.48. The zero-order valence-electron chi connectivity index (χ0n) is 59.8. The van der Waals surface area contributed by atoms with Gasteiger partial charge in [-0.1, -0.05) is 137 Å². The van der Waals surface area contributed by atoms with Crippen LogP contribution in [0.2, 0.25) is 0 Å². The Morgan fingerprint density at radius 1 is 0.479 bits per heavy atom. The van der Waals surface area contributed by atoms with E-state index in [2.05, 4.69) is 57.2 Å². The average molecular weight is 1320 g/mol. The molecule has 3 fully saturated rings. The topological polar surface area (TPSA) is 261 Å². The van der Waals surface area contributed by atoms with E-state index in [1.54, 1.807) is 0 Å². The summed E-state index contributed by atoms with van der Waals surface area (Å²) in [5.41, 5.74) is 2.53. The van der Waals surface area contributed by atoms with Crippen LogP contribution in [0.3, 0.4) is 0 Å². The highest BCUT2D eigenvalue weighted by molar-refractivity contribution is 5.76. The molecular weight excluding hydrogens is 1190 g/mol. The number of aliphatic hydroxyl groups excluding tert-OH is 3. The third-order valence-electron chi connectivity index (χ3n) is 19.6. The summed E-state index contributed by atoms with van der Waals surface area (Å²) < 4.78 is 22.9. The fraction of sp³-hybridized carbons (Fsp3) is 0.769. The molecule has 534 valence electrons. The van der Waals surface area contributed by atoms with Gasteiger partial charge in [-0.3, -0.25) is 24.0 Å². The Kier molecular flexibility index (Phi) is 35.2. The van der Waals surface area contributed by atoms with E-state index in [9.17, 15) is 44.1 Å². The van der Waals surface area contributed by atoms with Crippen LogP contribution in [-0.4, -0.2) is 109 Å². The van der Waals surface area contributed by atoms with Crippen molar-refractivity contribution in [2.75, 3.05) is 0 Å². The number of fused-ring (bicyclic) bond motifs is 3. The predicted octanol–water partition coefficient (Wildman–Crippen LogP) is 17.4. The lowest BCUT2D eigenvalue weighted by Gasteiger charge is -2.26. The third kappa shape index (κ3) is 29.7. The van der Waals surface area contributed by atoms with Crippen molar-refractivity contribution in [3.63, 3.8) is 0 Å². The molecule has 0 aromatic heterocycles. The lowest BCUT2D eigenvalue weighted by molar-refractivity contribution is -0.160. The molecule has 0 unspecified atom stereocenters. The van der Waals surface area contributed by atoms with Crippen molar-refractivity contribution >= 4 is 36.0 Å². The number of ether oxygens (including phenoxy) is 4. The van der Waals surface area contributed by atoms with E-state index in [4.69, 9.17) is 34.3 Å². The van der Waals surface area contributed by atoms with Gasteiger partial charge in [0, 0.05) is 37.0 Å². The molecule has 6 aliphatic carbocycles. The minimum absolute atomic E-state index is 0.0427. The lowest BCUT2D eigenvalue weighted by Crippen LogP contribution is -2.31. The number of hydrogen-bond donors (Lipinski definition) is 6. The molecule has 0 spiro atoms. The van der Waals surface area contributed by atoms with Crippen molar-refractivity contribution in [2.24, 2.45) is 64.1 Å². The van der Waals surface area contributed by atoms with E-state index < -0.39 is 52.7 Å². The molecule has 0 aliphatic heterocycles. The van der Waals surface area contributed by atoms with E-state index in [0.717, 1.165) is 154 Å². The van der Waals surface area contributed by atoms with E-state index in [1.165, 1.54) is 16.7 Å². The first-order chi connectivity index (χ1) is 44.3. The number of esters is 2. The van der Waals surface area contributed by atoms with Crippen LogP contribution in [0.1, 0.15) is 276 Å². The number of carbonyl (C=O) groups excluding carboxylic acids is 3. The molecule has 0 aromatic carbocycles. The fourth-order valence-electron chi connectivity index (χ4n) is 14.4. The van der Waals surface area contributed by atoms with Crippen molar-refractivity contribution in [3.05, 3.63) is 71.4 Å². The number of carboxylic acids is 3. The summed E-state index contributed by atoms with van der Waals surface area (Å²) in [6.07, 6.45) is 42.1. The van der Waals surface area contributed by atoms with E-state index in [1.807, 2.05) is 80.5 Å². The van der Waals surface area contributed by atoms with Crippen molar-refractivity contribution < 1.29 is 78.4 Å². The van der Waals surface area contributed by atoms with Crippen LogP contribution in [0.4, 0.5) is 4.79 Å². The number of unbranched alkanes of at least 4 members (excludes halogenated alkanes) is 9. The van der Waals surface area contributed by atoms with Gasteiger partial charge >= 0.3 is 36.0 Å². The summed E-state index contributed by atoms with van der Waals surface area (Å²) >= 11 is 0. The van der Waals surface area contributed by atoms with Gasteiger partial charge < -0.3 is 49.6 Å². The summed E-state index contributed by atoms with van der Waals surface area (Å²) in [7, 11) is 0. The molecule has 3 saturated carbocycles. The van der Waals surface area contributed by atoms with Crippen LogP contribution < -0.4 is 0 Å². The minimum atomic E-state index is -0.743. The first-order valence-electron chi connectivity index (χ1n) is 36.5. The molecule has 6 N–H and O–H groups in total. The first kappa shape index (κ1) is 81.4. The summed E-state index contributed by atoms with van der Waals surface area (Å²) in [6, 6.07) is 0. The van der Waals surface area contributed by atoms with Crippen molar-refractivity contribution in [1.82, 2.24) is 0 Å². The molecule has 0 bridgehead atoms. The zero-order chi connectivity index (χ0) is 69.8. The second-order valence-electron chi connectivity index (χ2n) is 31.2. The van der Waals surface area contributed by atoms with Crippen LogP contribution >= 0.6 is 0 Å². The van der Waals surface area contributed by atoms with Crippen LogP contribution in [-0.2, 0) is 42.9 Å². The number of carboxylic acid groups (broad SMARTS) is 3. The lowest BCUT2D eigenvalue weighted by atomic mass is 9.88. The second kappa shape index (κ2) is 40.6. The Bertz CT molecular complexity index is 2530. The van der Waals surface area contributed by atoms with E-state index >= 15 is 0 Å². The maximum absolute atomic E-state index is 12.5. The molecule has 0 saturated heterocycles. The van der Waals surface area contributed by atoms with E-state index in [-0.39, 0.29) is 73.4 Å². The van der Waals surface area contributed by atoms with Crippen LogP contribution in [0.25, 0.3) is 0 Å². The molecule has 0 amide bonds. The monoisotopic (exact) mass is 1320 g/mol. The van der Waals surface area contributed by atoms with Crippen molar-refractivity contribution in [1.29, 1.82) is 0 Å². The third-order valence-corrected chi connectivity index (χ3v) is 19.6. The smallest absolute Gasteiger partial charge is 0.481 e. The normalized spacial score (nSPS) is 26.5. The van der Waals surface area contributed by atoms with Gasteiger partial charge in [0.25, 0.3) is 0 Å². The predicted molar refractivity (Wildman–Crippen MR) is 369 cm³/mol. The minimum Gasteiger partial charge on any atom is -0.481 e. The van der Waals surface area contributed by atoms with Gasteiger partial charge in [0.2, 0.25) is 0 Å². The highest BCUT2D eigenvalue weighted by atomic mass is 16.7. The second-order valence-corrected chi connectivity index (χ2v) is 31.2. The molecule has 6 rings (SSSR count). The van der Waals surface area contributed by atoms with E-state index in [0.29, 0.717) is 54.8 Å². The Balaban J connectivity index is 0.000000300. The maximum Gasteiger partial charge on any atom is 0.509 e. The van der Waals surface area contributed by atoms with Gasteiger partial charge in [0.1, 0.15) is 23.9 Å². The van der Waals surface area contributed by atoms with Crippen LogP contribution in [0.5, 0.6) is 0 Å². The molecule has 0 radical (unpaired) electrons. The van der Waals surface area contributed by atoms with Gasteiger partial charge in [-0.2, -0.15) is 0 Å². The molecule has 15 atom stereocenters. The molecular formula is C78H126O16. The van der Waals surface area contributed by atoms with Crippen molar-refractivity contribution in [3.8, 4) is 0 Å². The quantitative estimate of drug-likeness (QED) is 0.0147. The maximum atomic E-state index is 12.5. The molecule has 6 aliphatic rings. The number of rotatable bonds is 36. The number of hydrogen-bond acceptors (Lipinski definition) is 13. The number of aliphatic carboxylic acids is 3. The van der Waals surface area contributed by atoms with Crippen molar-refractivity contribution in [2.45, 2.75) is 318 Å². The summed E-state index contributed by atoms with van der Waals surface area (Å²) in [5, 5.41) is 57.8. The molecule has 0 aromatic rings. The summed E-state index contributed by atoms with van der Waals surface area (Å²) in [6.45, 7) is 23.2. The largest absolute Gasteiger partial charge is 0.509 e. The fourth-order valence-corrected chi connectivity index (χ4v) is 14.4. The summed E-state index contributed by atoms with van der Waals surface area (Å²) in [4.78, 5) is 69.4. The number of carbonyl (C=O) groups is 6. The highest BCUT2D eigenvalue weighted by Crippen LogP contribution is 2.52. The Morgan fingerprint density at radius 2 is 0.851 bits per heavy atom. The Morgan fingerprint density at radius 3 is 1.23 bits per heavy atom. The number of allylic oxidation sites excluding steroid dienone is 6. The Hall–Kier alpha value is -5.06. The van der Waals surface area contributed by atoms with Gasteiger partial charge in [0.15, 0.2) is 0 Å². The molecule has 94 heavy (non-hydrogen) atoms. The average Bonchev–Trinajstić information content (AvgIpc) is 1.65. The Labute approximate surface area is 565 Å². The zero-order valence-corrected chi connectivity index (χ0v) is 59.8. The SMILES string of the molecule is CCCCC[C@@H](/C=C/[C@@H]1[C@H]2CC(CCCCC(=O)O)=C[C@H]2C[C@H]1O)OC(=O)C(C)(C)C.CCCCC[C@H](O)/C=C/[C@@H]1[C@H]2CC(CCCCC(=O)O)=C[C@H]2C[C@H]1OC(=O)C(C)(C)C.CCCCC[C@H](O)/C=C/[C@@H]1[C@H]2CC(CCCCC(=O)O)=C[C@H]2C[C@H]1OC(=O)OC(C)(C)C. The standard InChI is InChI=1S/C26H42O6.2C26H42O5/c1-5-6-7-11-20(27)13-14-21-22-16-18(10-8-9-12-24(28)29)15-19(22)17-23(21)31-25(30)32-26(2,3)4;1-5-6-7-11-20(31-25(30)26(2,3)4)13-14-21-22-16-18(10-8-9-12-24(28)29)15-19(22)17-23(21)27;1-5-6-7-11-20(27)13-14-21-22-16-18(10-8-9-12-24(28)29)15-19(22)17-23(21)31-25(30)26(2,3)4/h13-15,19-23,27H,5-12,16-17H2,1-4H3,(H,28,29);2*13-15,19-23,27H,5-12,16-17H2,1-4H3,(H,28,29)/b3*14-13+/t3*19-,20-,21+,22-,23+/m000/s1. The molecule has 16 heteroatoms. The molecule has 16 nitrogen and oxygen atoms in total.